The Morgan fingerprint density at radius 3 is 2.59 bits per heavy atom. The minimum Gasteiger partial charge on any atom is -0.494 e. The van der Waals surface area contributed by atoms with Crippen LogP contribution >= 0.6 is 0 Å². The number of carbonyl (C=O) groups excluding carboxylic acids is 2. The van der Waals surface area contributed by atoms with Crippen LogP contribution in [0.5, 0.6) is 5.75 Å². The lowest BCUT2D eigenvalue weighted by molar-refractivity contribution is -0.137. The van der Waals surface area contributed by atoms with Gasteiger partial charge in [-0.15, -0.1) is 0 Å². The van der Waals surface area contributed by atoms with Crippen LogP contribution < -0.4 is 20.1 Å². The van der Waals surface area contributed by atoms with Gasteiger partial charge in [0.1, 0.15) is 16.7 Å². The van der Waals surface area contributed by atoms with Crippen molar-refractivity contribution in [3.8, 4) is 5.75 Å². The normalized spacial score (nSPS) is 14.8. The molecule has 0 aliphatic carbocycles. The van der Waals surface area contributed by atoms with Gasteiger partial charge in [0.25, 0.3) is 5.56 Å². The summed E-state index contributed by atoms with van der Waals surface area (Å²) in [6.07, 6.45) is 6.85. The molecule has 44 heavy (non-hydrogen) atoms. The maximum absolute atomic E-state index is 13.1. The first kappa shape index (κ1) is 31.0. The molecule has 232 valence electrons. The second-order valence-electron chi connectivity index (χ2n) is 11.8. The molecule has 2 amide bonds. The number of amides is 2. The Morgan fingerprint density at radius 2 is 1.82 bits per heavy atom. The van der Waals surface area contributed by atoms with Gasteiger partial charge in [-0.25, -0.2) is 0 Å². The molecule has 1 aromatic carbocycles. The number of aromatic nitrogens is 2. The number of nitrogens with zero attached hydrogens (tertiary/aromatic N) is 5. The van der Waals surface area contributed by atoms with Crippen LogP contribution in [0.15, 0.2) is 70.3 Å². The summed E-state index contributed by atoms with van der Waals surface area (Å²) >= 11 is 0. The average molecular weight is 600 g/mol. The zero-order chi connectivity index (χ0) is 31.4. The Labute approximate surface area is 257 Å². The maximum Gasteiger partial charge on any atom is 0.261 e. The highest BCUT2D eigenvalue weighted by Crippen LogP contribution is 2.40. The number of rotatable bonds is 12. The molecule has 0 bridgehead atoms. The molecule has 4 aromatic rings. The molecule has 1 aliphatic rings. The van der Waals surface area contributed by atoms with E-state index in [0.29, 0.717) is 54.3 Å². The van der Waals surface area contributed by atoms with Gasteiger partial charge in [0.15, 0.2) is 0 Å². The number of pyridine rings is 2. The molecule has 0 N–H and O–H groups in total. The standard InChI is InChI=1S/C34H41N5O5/c1-6-39-28-12-11-26(22-29(28)36(5)32(41)34(3,4)33(39)42)43-20-8-7-16-37(23-25-10-9-15-35-24(25)2)18-19-38-17-13-30-27(31(38)40)14-21-44-30/h9-15,17,21-22H,6-8,16,18-20,23H2,1-5H3. The van der Waals surface area contributed by atoms with E-state index in [-0.39, 0.29) is 17.4 Å². The van der Waals surface area contributed by atoms with Crippen LogP contribution in [0.4, 0.5) is 11.4 Å². The summed E-state index contributed by atoms with van der Waals surface area (Å²) in [4.78, 5) is 49.2. The van der Waals surface area contributed by atoms with E-state index >= 15 is 0 Å². The number of carbonyl (C=O) groups is 2. The quantitative estimate of drug-likeness (QED) is 0.167. The highest BCUT2D eigenvalue weighted by Gasteiger charge is 2.45. The number of unbranched alkanes of at least 4 members (excludes halogenated alkanes) is 1. The lowest BCUT2D eigenvalue weighted by atomic mass is 9.90. The Kier molecular flexibility index (Phi) is 9.20. The van der Waals surface area contributed by atoms with Gasteiger partial charge in [-0.3, -0.25) is 24.3 Å². The van der Waals surface area contributed by atoms with E-state index in [1.54, 1.807) is 60.0 Å². The predicted molar refractivity (Wildman–Crippen MR) is 171 cm³/mol. The van der Waals surface area contributed by atoms with Gasteiger partial charge in [0, 0.05) is 57.4 Å². The average Bonchev–Trinajstić information content (AvgIpc) is 3.49. The van der Waals surface area contributed by atoms with Crippen molar-refractivity contribution < 1.29 is 18.7 Å². The molecular weight excluding hydrogens is 558 g/mol. The first-order chi connectivity index (χ1) is 21.1. The fraction of sp³-hybridized carbons (Fsp3) is 0.412. The van der Waals surface area contributed by atoms with Crippen LogP contribution in [0, 0.1) is 12.3 Å². The predicted octanol–water partition coefficient (Wildman–Crippen LogP) is 5.01. The van der Waals surface area contributed by atoms with E-state index in [1.807, 2.05) is 44.2 Å². The molecule has 0 radical (unpaired) electrons. The molecule has 0 spiro atoms. The smallest absolute Gasteiger partial charge is 0.261 e. The Hall–Kier alpha value is -4.44. The maximum atomic E-state index is 13.1. The zero-order valence-electron chi connectivity index (χ0n) is 26.2. The Bertz CT molecular complexity index is 1710. The number of hydrogen-bond donors (Lipinski definition) is 0. The Balaban J connectivity index is 1.21. The number of anilines is 2. The van der Waals surface area contributed by atoms with Crippen molar-refractivity contribution in [2.24, 2.45) is 5.41 Å². The van der Waals surface area contributed by atoms with Gasteiger partial charge in [0.05, 0.1) is 29.6 Å². The van der Waals surface area contributed by atoms with E-state index in [2.05, 4.69) is 16.0 Å². The summed E-state index contributed by atoms with van der Waals surface area (Å²) < 4.78 is 13.2. The van der Waals surface area contributed by atoms with Crippen molar-refractivity contribution in [1.29, 1.82) is 0 Å². The first-order valence-corrected chi connectivity index (χ1v) is 15.2. The summed E-state index contributed by atoms with van der Waals surface area (Å²) in [5.41, 5.74) is 2.93. The summed E-state index contributed by atoms with van der Waals surface area (Å²) in [5, 5.41) is 0.588. The molecule has 0 saturated heterocycles. The van der Waals surface area contributed by atoms with Crippen molar-refractivity contribution in [3.05, 3.63) is 82.7 Å². The molecule has 0 atom stereocenters. The van der Waals surface area contributed by atoms with Crippen LogP contribution in [0.25, 0.3) is 11.0 Å². The lowest BCUT2D eigenvalue weighted by Crippen LogP contribution is -2.47. The minimum absolute atomic E-state index is 0.0507. The lowest BCUT2D eigenvalue weighted by Gasteiger charge is -2.27. The summed E-state index contributed by atoms with van der Waals surface area (Å²) in [7, 11) is 1.71. The number of benzene rings is 1. The third-order valence-electron chi connectivity index (χ3n) is 8.43. The second kappa shape index (κ2) is 13.1. The second-order valence-corrected chi connectivity index (χ2v) is 11.8. The van der Waals surface area contributed by atoms with Crippen LogP contribution in [0.3, 0.4) is 0 Å². The Morgan fingerprint density at radius 1 is 1.00 bits per heavy atom. The van der Waals surface area contributed by atoms with Crippen molar-refractivity contribution in [3.63, 3.8) is 0 Å². The molecule has 0 fully saturated rings. The molecular formula is C34H41N5O5. The van der Waals surface area contributed by atoms with Crippen LogP contribution in [-0.2, 0) is 22.7 Å². The summed E-state index contributed by atoms with van der Waals surface area (Å²) in [6, 6.07) is 13.2. The highest BCUT2D eigenvalue weighted by atomic mass is 16.5. The van der Waals surface area contributed by atoms with E-state index in [1.165, 1.54) is 0 Å². The van der Waals surface area contributed by atoms with Gasteiger partial charge in [0.2, 0.25) is 11.8 Å². The molecule has 0 saturated carbocycles. The van der Waals surface area contributed by atoms with E-state index in [0.717, 1.165) is 37.2 Å². The molecule has 10 heteroatoms. The summed E-state index contributed by atoms with van der Waals surface area (Å²) in [5.74, 6) is 0.207. The number of aryl methyl sites for hydroxylation is 1. The molecule has 1 aliphatic heterocycles. The number of ether oxygens (including phenoxy) is 1. The minimum atomic E-state index is -1.15. The van der Waals surface area contributed by atoms with Crippen LogP contribution in [0.2, 0.25) is 0 Å². The van der Waals surface area contributed by atoms with Gasteiger partial charge in [-0.1, -0.05) is 6.07 Å². The van der Waals surface area contributed by atoms with E-state index in [4.69, 9.17) is 9.15 Å². The van der Waals surface area contributed by atoms with Crippen LogP contribution in [0.1, 0.15) is 44.9 Å². The largest absolute Gasteiger partial charge is 0.494 e. The monoisotopic (exact) mass is 599 g/mol. The van der Waals surface area contributed by atoms with Crippen molar-refractivity contribution in [2.75, 3.05) is 43.1 Å². The highest BCUT2D eigenvalue weighted by molar-refractivity contribution is 6.20. The first-order valence-electron chi connectivity index (χ1n) is 15.2. The third kappa shape index (κ3) is 6.26. The zero-order valence-corrected chi connectivity index (χ0v) is 26.2. The van der Waals surface area contributed by atoms with Gasteiger partial charge in [-0.2, -0.15) is 0 Å². The molecule has 5 rings (SSSR count). The van der Waals surface area contributed by atoms with Crippen molar-refractivity contribution >= 4 is 34.2 Å². The molecule has 0 unspecified atom stereocenters. The van der Waals surface area contributed by atoms with Crippen molar-refractivity contribution in [2.45, 2.75) is 53.6 Å². The topological polar surface area (TPSA) is 101 Å². The van der Waals surface area contributed by atoms with Gasteiger partial charge >= 0.3 is 0 Å². The fourth-order valence-corrected chi connectivity index (χ4v) is 5.73. The van der Waals surface area contributed by atoms with Crippen LogP contribution in [-0.4, -0.2) is 59.6 Å². The van der Waals surface area contributed by atoms with E-state index < -0.39 is 5.41 Å². The third-order valence-corrected chi connectivity index (χ3v) is 8.43. The number of furan rings is 1. The number of fused-ring (bicyclic) bond motifs is 2. The fourth-order valence-electron chi connectivity index (χ4n) is 5.73. The summed E-state index contributed by atoms with van der Waals surface area (Å²) in [6.45, 7) is 11.1. The molecule has 4 heterocycles. The van der Waals surface area contributed by atoms with Crippen molar-refractivity contribution in [1.82, 2.24) is 14.5 Å². The van der Waals surface area contributed by atoms with Gasteiger partial charge in [-0.05, 0) is 83.0 Å². The number of hydrogen-bond acceptors (Lipinski definition) is 7. The van der Waals surface area contributed by atoms with Gasteiger partial charge < -0.3 is 23.5 Å². The SMILES string of the molecule is CCN1C(=O)C(C)(C)C(=O)N(C)c2cc(OCCCCN(CCn3ccc4occc4c3=O)Cc3cccnc3C)ccc21. The molecule has 3 aromatic heterocycles. The van der Waals surface area contributed by atoms with E-state index in [9.17, 15) is 14.4 Å². The molecule has 10 nitrogen and oxygen atoms in total.